The molecular formula is C10H18O3. The van der Waals surface area contributed by atoms with Gasteiger partial charge in [0.2, 0.25) is 0 Å². The highest BCUT2D eigenvalue weighted by Gasteiger charge is 2.08. The summed E-state index contributed by atoms with van der Waals surface area (Å²) < 4.78 is 0. The van der Waals surface area contributed by atoms with Crippen molar-refractivity contribution in [3.63, 3.8) is 0 Å². The van der Waals surface area contributed by atoms with Crippen LogP contribution < -0.4 is 0 Å². The van der Waals surface area contributed by atoms with E-state index in [0.29, 0.717) is 6.42 Å². The highest BCUT2D eigenvalue weighted by molar-refractivity contribution is 5.78. The maximum atomic E-state index is 11.1. The number of hydrogen-bond donors (Lipinski definition) is 2. The van der Waals surface area contributed by atoms with Gasteiger partial charge in [-0.15, -0.1) is 0 Å². The van der Waals surface area contributed by atoms with Gasteiger partial charge < -0.3 is 10.2 Å². The minimum absolute atomic E-state index is 0.0547. The van der Waals surface area contributed by atoms with Crippen LogP contribution in [0.4, 0.5) is 0 Å². The molecule has 0 aliphatic rings. The molecule has 3 nitrogen and oxygen atoms in total. The van der Waals surface area contributed by atoms with E-state index in [2.05, 4.69) is 0 Å². The Kier molecular flexibility index (Phi) is 7.54. The van der Waals surface area contributed by atoms with Gasteiger partial charge in [0.05, 0.1) is 6.10 Å². The third-order valence-electron chi connectivity index (χ3n) is 1.75. The molecule has 1 atom stereocenters. The van der Waals surface area contributed by atoms with Crippen LogP contribution in [0.15, 0.2) is 12.2 Å². The average Bonchev–Trinajstić information content (AvgIpc) is 2.05. The number of carbonyl (C=O) groups excluding carboxylic acids is 1. The Bertz CT molecular complexity index is 164. The molecule has 0 aliphatic carbocycles. The number of Topliss-reactive ketones (excluding diaryl/α,β-unsaturated/α-hetero) is 1. The van der Waals surface area contributed by atoms with Gasteiger partial charge in [-0.05, 0) is 19.8 Å². The molecule has 2 N–H and O–H groups in total. The van der Waals surface area contributed by atoms with E-state index in [1.54, 1.807) is 0 Å². The Balaban J connectivity index is 3.49. The van der Waals surface area contributed by atoms with Crippen molar-refractivity contribution in [3.8, 4) is 0 Å². The van der Waals surface area contributed by atoms with E-state index < -0.39 is 6.10 Å². The second-order valence-electron chi connectivity index (χ2n) is 3.02. The van der Waals surface area contributed by atoms with E-state index in [-0.39, 0.29) is 25.2 Å². The third kappa shape index (κ3) is 7.68. The van der Waals surface area contributed by atoms with Crippen molar-refractivity contribution in [1.29, 1.82) is 0 Å². The van der Waals surface area contributed by atoms with Crippen LogP contribution in [-0.4, -0.2) is 28.7 Å². The lowest BCUT2D eigenvalue weighted by Crippen LogP contribution is -2.14. The molecule has 0 fully saturated rings. The van der Waals surface area contributed by atoms with E-state index in [1.165, 1.54) is 0 Å². The highest BCUT2D eigenvalue weighted by atomic mass is 16.3. The SMILES string of the molecule is CC=CCCC(=O)C[C@H](O)CCO. The van der Waals surface area contributed by atoms with Crippen molar-refractivity contribution in [3.05, 3.63) is 12.2 Å². The van der Waals surface area contributed by atoms with E-state index in [4.69, 9.17) is 5.11 Å². The van der Waals surface area contributed by atoms with Crippen LogP contribution in [0.5, 0.6) is 0 Å². The Hall–Kier alpha value is -0.670. The fraction of sp³-hybridized carbons (Fsp3) is 0.700. The first-order chi connectivity index (χ1) is 6.20. The molecule has 0 aromatic carbocycles. The van der Waals surface area contributed by atoms with Crippen LogP contribution in [0.3, 0.4) is 0 Å². The summed E-state index contributed by atoms with van der Waals surface area (Å²) in [7, 11) is 0. The molecule has 0 radical (unpaired) electrons. The van der Waals surface area contributed by atoms with Gasteiger partial charge in [0.15, 0.2) is 0 Å². The van der Waals surface area contributed by atoms with Crippen LogP contribution in [0.2, 0.25) is 0 Å². The predicted molar refractivity (Wildman–Crippen MR) is 51.4 cm³/mol. The Labute approximate surface area is 79.1 Å². The standard InChI is InChI=1S/C10H18O3/c1-2-3-4-5-9(12)8-10(13)6-7-11/h2-3,10-11,13H,4-8H2,1H3/t10-/m1/s1. The molecule has 0 aromatic rings. The van der Waals surface area contributed by atoms with Gasteiger partial charge in [-0.1, -0.05) is 12.2 Å². The van der Waals surface area contributed by atoms with E-state index in [1.807, 2.05) is 19.1 Å². The molecule has 0 amide bonds. The zero-order chi connectivity index (χ0) is 10.1. The lowest BCUT2D eigenvalue weighted by atomic mass is 10.1. The molecule has 0 aliphatic heterocycles. The number of carbonyl (C=O) groups is 1. The van der Waals surface area contributed by atoms with Gasteiger partial charge in [-0.3, -0.25) is 4.79 Å². The maximum absolute atomic E-state index is 11.1. The van der Waals surface area contributed by atoms with Crippen LogP contribution in [0, 0.1) is 0 Å². The molecule has 13 heavy (non-hydrogen) atoms. The number of allylic oxidation sites excluding steroid dienone is 2. The zero-order valence-corrected chi connectivity index (χ0v) is 8.07. The maximum Gasteiger partial charge on any atom is 0.135 e. The van der Waals surface area contributed by atoms with Crippen molar-refractivity contribution in [1.82, 2.24) is 0 Å². The Morgan fingerprint density at radius 3 is 2.77 bits per heavy atom. The molecule has 0 bridgehead atoms. The highest BCUT2D eigenvalue weighted by Crippen LogP contribution is 2.03. The second-order valence-corrected chi connectivity index (χ2v) is 3.02. The normalized spacial score (nSPS) is 13.5. The van der Waals surface area contributed by atoms with Gasteiger partial charge in [-0.25, -0.2) is 0 Å². The van der Waals surface area contributed by atoms with Gasteiger partial charge in [0, 0.05) is 19.4 Å². The summed E-state index contributed by atoms with van der Waals surface area (Å²) in [5.41, 5.74) is 0. The lowest BCUT2D eigenvalue weighted by Gasteiger charge is -2.06. The summed E-state index contributed by atoms with van der Waals surface area (Å²) in [6.07, 6.45) is 4.82. The molecule has 0 rings (SSSR count). The minimum atomic E-state index is -0.678. The quantitative estimate of drug-likeness (QED) is 0.584. The second kappa shape index (κ2) is 7.95. The number of hydrogen-bond acceptors (Lipinski definition) is 3. The van der Waals surface area contributed by atoms with Crippen LogP contribution in [-0.2, 0) is 4.79 Å². The molecule has 0 saturated carbocycles. The van der Waals surface area contributed by atoms with Crippen molar-refractivity contribution < 1.29 is 15.0 Å². The summed E-state index contributed by atoms with van der Waals surface area (Å²) >= 11 is 0. The molecular weight excluding hydrogens is 168 g/mol. The number of aliphatic hydroxyl groups is 2. The Morgan fingerprint density at radius 2 is 2.23 bits per heavy atom. The lowest BCUT2D eigenvalue weighted by molar-refractivity contribution is -0.121. The molecule has 76 valence electrons. The molecule has 0 saturated heterocycles. The smallest absolute Gasteiger partial charge is 0.135 e. The van der Waals surface area contributed by atoms with Crippen molar-refractivity contribution >= 4 is 5.78 Å². The summed E-state index contributed by atoms with van der Waals surface area (Å²) in [6, 6.07) is 0. The largest absolute Gasteiger partial charge is 0.396 e. The molecule has 0 unspecified atom stereocenters. The van der Waals surface area contributed by atoms with Gasteiger partial charge >= 0.3 is 0 Å². The third-order valence-corrected chi connectivity index (χ3v) is 1.75. The molecule has 0 heterocycles. The van der Waals surface area contributed by atoms with E-state index >= 15 is 0 Å². The summed E-state index contributed by atoms with van der Waals surface area (Å²) in [6.45, 7) is 1.84. The minimum Gasteiger partial charge on any atom is -0.396 e. The average molecular weight is 186 g/mol. The first-order valence-corrected chi connectivity index (χ1v) is 4.62. The zero-order valence-electron chi connectivity index (χ0n) is 8.07. The van der Waals surface area contributed by atoms with Crippen LogP contribution in [0.1, 0.15) is 32.6 Å². The van der Waals surface area contributed by atoms with Crippen LogP contribution >= 0.6 is 0 Å². The fourth-order valence-corrected chi connectivity index (χ4v) is 1.03. The summed E-state index contributed by atoms with van der Waals surface area (Å²) in [4.78, 5) is 11.1. The van der Waals surface area contributed by atoms with Gasteiger partial charge in [0.25, 0.3) is 0 Å². The van der Waals surface area contributed by atoms with Crippen molar-refractivity contribution in [2.24, 2.45) is 0 Å². The van der Waals surface area contributed by atoms with Crippen molar-refractivity contribution in [2.45, 2.75) is 38.7 Å². The molecule has 0 spiro atoms. The topological polar surface area (TPSA) is 57.5 Å². The molecule has 3 heteroatoms. The Morgan fingerprint density at radius 1 is 1.54 bits per heavy atom. The fourth-order valence-electron chi connectivity index (χ4n) is 1.03. The van der Waals surface area contributed by atoms with E-state index in [0.717, 1.165) is 6.42 Å². The van der Waals surface area contributed by atoms with E-state index in [9.17, 15) is 9.90 Å². The van der Waals surface area contributed by atoms with Gasteiger partial charge in [-0.2, -0.15) is 0 Å². The monoisotopic (exact) mass is 186 g/mol. The number of rotatable bonds is 7. The van der Waals surface area contributed by atoms with Crippen molar-refractivity contribution in [2.75, 3.05) is 6.61 Å². The number of ketones is 1. The first-order valence-electron chi connectivity index (χ1n) is 4.62. The number of aliphatic hydroxyl groups excluding tert-OH is 2. The first kappa shape index (κ1) is 12.3. The summed E-state index contributed by atoms with van der Waals surface area (Å²) in [5.74, 6) is 0.0547. The molecule has 0 aromatic heterocycles. The predicted octanol–water partition coefficient (Wildman–Crippen LogP) is 1.05. The van der Waals surface area contributed by atoms with Gasteiger partial charge in [0.1, 0.15) is 5.78 Å². The van der Waals surface area contributed by atoms with Crippen LogP contribution in [0.25, 0.3) is 0 Å². The summed E-state index contributed by atoms with van der Waals surface area (Å²) in [5, 5.41) is 17.7.